The predicted molar refractivity (Wildman–Crippen MR) is 56.3 cm³/mol. The third-order valence-corrected chi connectivity index (χ3v) is 2.36. The molecule has 0 aliphatic rings. The summed E-state index contributed by atoms with van der Waals surface area (Å²) in [6.07, 6.45) is -6.66. The van der Waals surface area contributed by atoms with E-state index in [-0.39, 0.29) is 12.1 Å². The lowest BCUT2D eigenvalue weighted by Gasteiger charge is -2.18. The van der Waals surface area contributed by atoms with E-state index < -0.39 is 23.9 Å². The smallest absolute Gasteiger partial charge is 0.389 e. The Morgan fingerprint density at radius 3 is 2.12 bits per heavy atom. The number of nitrogens with one attached hydrogen (secondary N) is 1. The summed E-state index contributed by atoms with van der Waals surface area (Å²) in [6, 6.07) is 4.08. The van der Waals surface area contributed by atoms with E-state index >= 15 is 0 Å². The van der Waals surface area contributed by atoms with Gasteiger partial charge in [-0.15, -0.1) is 0 Å². The summed E-state index contributed by atoms with van der Waals surface area (Å²) in [5.41, 5.74) is -0.530. The van der Waals surface area contributed by atoms with Crippen LogP contribution in [0.25, 0.3) is 0 Å². The highest BCUT2D eigenvalue weighted by atomic mass is 19.4. The Morgan fingerprint density at radius 1 is 1.18 bits per heavy atom. The molecule has 0 spiro atoms. The second-order valence-corrected chi connectivity index (χ2v) is 3.69. The maximum atomic E-state index is 12.3. The van der Waals surface area contributed by atoms with Crippen LogP contribution in [0.1, 0.15) is 17.2 Å². The van der Waals surface area contributed by atoms with E-state index in [1.165, 1.54) is 0 Å². The summed E-state index contributed by atoms with van der Waals surface area (Å²) < 4.78 is 36.8. The molecule has 3 N–H and O–H groups in total. The van der Waals surface area contributed by atoms with Gasteiger partial charge in [-0.2, -0.15) is 13.2 Å². The Kier molecular flexibility index (Phi) is 4.50. The Bertz CT molecular complexity index is 351. The van der Waals surface area contributed by atoms with Crippen LogP contribution >= 0.6 is 0 Å². The highest BCUT2D eigenvalue weighted by Crippen LogP contribution is 2.30. The number of hydrogen-bond donors (Lipinski definition) is 3. The van der Waals surface area contributed by atoms with E-state index in [4.69, 9.17) is 0 Å². The van der Waals surface area contributed by atoms with Crippen LogP contribution < -0.4 is 5.32 Å². The molecule has 1 aromatic carbocycles. The van der Waals surface area contributed by atoms with Gasteiger partial charge in [-0.25, -0.2) is 0 Å². The number of likely N-dealkylation sites (N-methyl/N-ethyl adjacent to an activating group) is 1. The fourth-order valence-electron chi connectivity index (χ4n) is 1.41. The number of rotatable bonds is 4. The van der Waals surface area contributed by atoms with Gasteiger partial charge in [-0.05, 0) is 24.7 Å². The van der Waals surface area contributed by atoms with E-state index in [0.29, 0.717) is 0 Å². The minimum atomic E-state index is -4.40. The minimum absolute atomic E-state index is 0.155. The highest BCUT2D eigenvalue weighted by Gasteiger charge is 2.30. The van der Waals surface area contributed by atoms with Gasteiger partial charge < -0.3 is 15.5 Å². The zero-order valence-electron chi connectivity index (χ0n) is 9.20. The second-order valence-electron chi connectivity index (χ2n) is 3.69. The van der Waals surface area contributed by atoms with Gasteiger partial charge in [0.05, 0.1) is 11.7 Å². The molecule has 0 radical (unpaired) electrons. The van der Waals surface area contributed by atoms with Crippen LogP contribution in [-0.2, 0) is 6.18 Å². The van der Waals surface area contributed by atoms with Crippen molar-refractivity contribution in [3.8, 4) is 0 Å². The number of hydrogen-bond acceptors (Lipinski definition) is 3. The van der Waals surface area contributed by atoms with E-state index in [2.05, 4.69) is 5.32 Å². The number of aliphatic hydroxyl groups is 2. The van der Waals surface area contributed by atoms with E-state index in [1.807, 2.05) is 0 Å². The first-order valence-corrected chi connectivity index (χ1v) is 5.04. The molecule has 3 nitrogen and oxygen atoms in total. The highest BCUT2D eigenvalue weighted by molar-refractivity contribution is 5.26. The number of aliphatic hydroxyl groups excluding tert-OH is 2. The van der Waals surface area contributed by atoms with Gasteiger partial charge in [0, 0.05) is 6.54 Å². The number of benzene rings is 1. The lowest BCUT2D eigenvalue weighted by Crippen LogP contribution is -2.29. The minimum Gasteiger partial charge on any atom is -0.389 e. The predicted octanol–water partition coefficient (Wildman–Crippen LogP) is 1.32. The molecule has 0 amide bonds. The molecule has 0 heterocycles. The molecule has 0 aliphatic heterocycles. The van der Waals surface area contributed by atoms with Gasteiger partial charge in [0.15, 0.2) is 0 Å². The molecule has 96 valence electrons. The van der Waals surface area contributed by atoms with Crippen molar-refractivity contribution >= 4 is 0 Å². The number of halogens is 3. The first-order chi connectivity index (χ1) is 7.86. The molecule has 0 bridgehead atoms. The number of alkyl halides is 3. The molecule has 0 saturated carbocycles. The van der Waals surface area contributed by atoms with Crippen molar-refractivity contribution in [3.05, 3.63) is 35.4 Å². The lowest BCUT2D eigenvalue weighted by atomic mass is 10.0. The van der Waals surface area contributed by atoms with Crippen LogP contribution in [0.3, 0.4) is 0 Å². The molecule has 6 heteroatoms. The lowest BCUT2D eigenvalue weighted by molar-refractivity contribution is -0.137. The van der Waals surface area contributed by atoms with Crippen molar-refractivity contribution in [2.75, 3.05) is 13.6 Å². The first kappa shape index (κ1) is 14.0. The third-order valence-electron chi connectivity index (χ3n) is 2.36. The topological polar surface area (TPSA) is 52.5 Å². The Morgan fingerprint density at radius 2 is 1.71 bits per heavy atom. The summed E-state index contributed by atoms with van der Waals surface area (Å²) in [4.78, 5) is 0. The summed E-state index contributed by atoms with van der Waals surface area (Å²) in [5, 5.41) is 21.8. The van der Waals surface area contributed by atoms with Crippen molar-refractivity contribution in [3.63, 3.8) is 0 Å². The molecule has 0 fully saturated rings. The average Bonchev–Trinajstić information content (AvgIpc) is 2.27. The molecule has 0 aromatic heterocycles. The second kappa shape index (κ2) is 5.48. The van der Waals surface area contributed by atoms with Gasteiger partial charge in [-0.3, -0.25) is 0 Å². The van der Waals surface area contributed by atoms with Crippen LogP contribution in [-0.4, -0.2) is 29.9 Å². The molecule has 0 saturated heterocycles. The van der Waals surface area contributed by atoms with Crippen LogP contribution in [0.2, 0.25) is 0 Å². The summed E-state index contributed by atoms with van der Waals surface area (Å²) in [6.45, 7) is 0.155. The molecule has 1 aromatic rings. The van der Waals surface area contributed by atoms with Gasteiger partial charge in [-0.1, -0.05) is 12.1 Å². The van der Waals surface area contributed by atoms with Crippen LogP contribution in [0.4, 0.5) is 13.2 Å². The Hall–Kier alpha value is -1.11. The van der Waals surface area contributed by atoms with Gasteiger partial charge in [0.1, 0.15) is 6.10 Å². The molecule has 1 rings (SSSR count). The van der Waals surface area contributed by atoms with E-state index in [9.17, 15) is 23.4 Å². The molecule has 0 aliphatic carbocycles. The van der Waals surface area contributed by atoms with Gasteiger partial charge in [0.25, 0.3) is 0 Å². The zero-order valence-corrected chi connectivity index (χ0v) is 9.20. The zero-order chi connectivity index (χ0) is 13.1. The summed E-state index contributed by atoms with van der Waals surface area (Å²) in [5.74, 6) is 0. The SMILES string of the molecule is CNCC(O)C(O)c1ccc(C(F)(F)F)cc1. The largest absolute Gasteiger partial charge is 0.416 e. The Labute approximate surface area is 96.9 Å². The van der Waals surface area contributed by atoms with Crippen LogP contribution in [0.15, 0.2) is 24.3 Å². The average molecular weight is 249 g/mol. The van der Waals surface area contributed by atoms with Crippen molar-refractivity contribution < 1.29 is 23.4 Å². The van der Waals surface area contributed by atoms with Crippen molar-refractivity contribution in [1.82, 2.24) is 5.32 Å². The molecule has 2 unspecified atom stereocenters. The van der Waals surface area contributed by atoms with Crippen LogP contribution in [0, 0.1) is 0 Å². The van der Waals surface area contributed by atoms with Crippen molar-refractivity contribution in [1.29, 1.82) is 0 Å². The molecular weight excluding hydrogens is 235 g/mol. The normalized spacial score (nSPS) is 15.6. The third kappa shape index (κ3) is 3.69. The maximum absolute atomic E-state index is 12.3. The molecule has 2 atom stereocenters. The quantitative estimate of drug-likeness (QED) is 0.754. The Balaban J connectivity index is 2.80. The summed E-state index contributed by atoms with van der Waals surface area (Å²) in [7, 11) is 1.60. The fraction of sp³-hybridized carbons (Fsp3) is 0.455. The van der Waals surface area contributed by atoms with Gasteiger partial charge >= 0.3 is 6.18 Å². The van der Waals surface area contributed by atoms with Crippen molar-refractivity contribution in [2.45, 2.75) is 18.4 Å². The van der Waals surface area contributed by atoms with E-state index in [1.54, 1.807) is 7.05 Å². The summed E-state index contributed by atoms with van der Waals surface area (Å²) >= 11 is 0. The monoisotopic (exact) mass is 249 g/mol. The molecule has 17 heavy (non-hydrogen) atoms. The van der Waals surface area contributed by atoms with Crippen molar-refractivity contribution in [2.24, 2.45) is 0 Å². The standard InChI is InChI=1S/C11H14F3NO2/c1-15-6-9(16)10(17)7-2-4-8(5-3-7)11(12,13)14/h2-5,9-10,15-17H,6H2,1H3. The van der Waals surface area contributed by atoms with Crippen LogP contribution in [0.5, 0.6) is 0 Å². The van der Waals surface area contributed by atoms with E-state index in [0.717, 1.165) is 24.3 Å². The maximum Gasteiger partial charge on any atom is 0.416 e. The molecular formula is C11H14F3NO2. The fourth-order valence-corrected chi connectivity index (χ4v) is 1.41. The van der Waals surface area contributed by atoms with Gasteiger partial charge in [0.2, 0.25) is 0 Å². The first-order valence-electron chi connectivity index (χ1n) is 5.04.